The summed E-state index contributed by atoms with van der Waals surface area (Å²) in [6.45, 7) is 6.86. The molecule has 1 aliphatic rings. The minimum Gasteiger partial charge on any atom is -0.280 e. The van der Waals surface area contributed by atoms with Crippen LogP contribution in [0.4, 0.5) is 5.69 Å². The van der Waals surface area contributed by atoms with Crippen LogP contribution in [0.5, 0.6) is 0 Å². The van der Waals surface area contributed by atoms with E-state index in [9.17, 15) is 16.8 Å². The van der Waals surface area contributed by atoms with Crippen LogP contribution in [0.15, 0.2) is 46.7 Å². The van der Waals surface area contributed by atoms with E-state index in [1.54, 1.807) is 12.1 Å². The van der Waals surface area contributed by atoms with Gasteiger partial charge in [-0.05, 0) is 74.6 Å². The molecule has 1 N–H and O–H groups in total. The lowest BCUT2D eigenvalue weighted by atomic mass is 10.0. The summed E-state index contributed by atoms with van der Waals surface area (Å²) in [5.74, 6) is 0. The van der Waals surface area contributed by atoms with Crippen molar-refractivity contribution in [2.75, 3.05) is 17.8 Å². The molecule has 2 aromatic rings. The Hall–Kier alpha value is -2.16. The number of rotatable bonds is 6. The van der Waals surface area contributed by atoms with Gasteiger partial charge in [0.15, 0.2) is 0 Å². The number of hydrogen-bond donors (Lipinski definition) is 1. The zero-order valence-electron chi connectivity index (χ0n) is 16.8. The molecule has 1 saturated heterocycles. The van der Waals surface area contributed by atoms with Gasteiger partial charge in [-0.15, -0.1) is 0 Å². The Bertz CT molecular complexity index is 1120. The summed E-state index contributed by atoms with van der Waals surface area (Å²) in [6.07, 6.45) is 3.25. The van der Waals surface area contributed by atoms with Gasteiger partial charge < -0.3 is 0 Å². The van der Waals surface area contributed by atoms with Crippen LogP contribution in [0, 0.1) is 20.8 Å². The molecule has 0 unspecified atom stereocenters. The Morgan fingerprint density at radius 3 is 2.17 bits per heavy atom. The molecule has 0 amide bonds. The van der Waals surface area contributed by atoms with Crippen molar-refractivity contribution in [1.82, 2.24) is 4.31 Å². The third-order valence-electron chi connectivity index (χ3n) is 4.95. The number of sulfonamides is 2. The Balaban J connectivity index is 1.82. The summed E-state index contributed by atoms with van der Waals surface area (Å²) in [6, 6.07) is 9.93. The summed E-state index contributed by atoms with van der Waals surface area (Å²) >= 11 is 0. The van der Waals surface area contributed by atoms with Crippen molar-refractivity contribution in [3.05, 3.63) is 64.1 Å². The van der Waals surface area contributed by atoms with E-state index in [0.29, 0.717) is 13.1 Å². The molecule has 0 atom stereocenters. The average molecular weight is 435 g/mol. The highest BCUT2D eigenvalue weighted by Crippen LogP contribution is 2.24. The highest BCUT2D eigenvalue weighted by Gasteiger charge is 2.27. The van der Waals surface area contributed by atoms with Crippen molar-refractivity contribution in [3.8, 4) is 0 Å². The molecular weight excluding hydrogens is 408 g/mol. The molecule has 8 heteroatoms. The van der Waals surface area contributed by atoms with Crippen molar-refractivity contribution in [3.63, 3.8) is 0 Å². The summed E-state index contributed by atoms with van der Waals surface area (Å²) in [5, 5.41) is 1.11. The van der Waals surface area contributed by atoms with Crippen LogP contribution in [-0.4, -0.2) is 34.2 Å². The highest BCUT2D eigenvalue weighted by atomic mass is 32.2. The van der Waals surface area contributed by atoms with Crippen molar-refractivity contribution in [2.24, 2.45) is 0 Å². The Morgan fingerprint density at radius 2 is 1.55 bits per heavy atom. The normalized spacial score (nSPS) is 15.8. The molecule has 3 rings (SSSR count). The first-order valence-electron chi connectivity index (χ1n) is 9.47. The minimum absolute atomic E-state index is 0.0915. The first-order chi connectivity index (χ1) is 13.6. The predicted molar refractivity (Wildman–Crippen MR) is 117 cm³/mol. The number of nitrogens with one attached hydrogen (secondary N) is 1. The van der Waals surface area contributed by atoms with Gasteiger partial charge in [-0.2, -0.15) is 4.31 Å². The summed E-state index contributed by atoms with van der Waals surface area (Å²) in [5.41, 5.74) is 4.17. The Morgan fingerprint density at radius 1 is 0.931 bits per heavy atom. The van der Waals surface area contributed by atoms with Crippen LogP contribution in [0.2, 0.25) is 0 Å². The molecule has 6 nitrogen and oxygen atoms in total. The van der Waals surface area contributed by atoms with Crippen molar-refractivity contribution >= 4 is 31.8 Å². The molecule has 0 radical (unpaired) electrons. The molecule has 0 aliphatic carbocycles. The molecule has 0 spiro atoms. The standard InChI is InChI=1S/C21H26N2O4S2/c1-16-13-17(2)21(18(3)14-16)9-12-28(24,25)22-19-7-6-8-20(15-19)29(26,27)23-10-4-5-11-23/h6-9,12-15,22H,4-5,10-11H2,1-3H3/b12-9+. The van der Waals surface area contributed by atoms with Crippen LogP contribution in [0.1, 0.15) is 35.1 Å². The minimum atomic E-state index is -3.80. The lowest BCUT2D eigenvalue weighted by Crippen LogP contribution is -2.27. The quantitative estimate of drug-likeness (QED) is 0.749. The molecule has 29 heavy (non-hydrogen) atoms. The molecule has 0 saturated carbocycles. The predicted octanol–water partition coefficient (Wildman–Crippen LogP) is 3.81. The average Bonchev–Trinajstić information content (AvgIpc) is 3.16. The van der Waals surface area contributed by atoms with E-state index in [0.717, 1.165) is 40.5 Å². The summed E-state index contributed by atoms with van der Waals surface area (Å²) < 4.78 is 54.3. The molecule has 0 aromatic heterocycles. The lowest BCUT2D eigenvalue weighted by molar-refractivity contribution is 0.477. The number of nitrogens with zero attached hydrogens (tertiary/aromatic N) is 1. The van der Waals surface area contributed by atoms with Gasteiger partial charge in [0.1, 0.15) is 0 Å². The summed E-state index contributed by atoms with van der Waals surface area (Å²) in [4.78, 5) is 0.0915. The molecule has 156 valence electrons. The molecule has 1 aliphatic heterocycles. The van der Waals surface area contributed by atoms with Gasteiger partial charge in [0, 0.05) is 13.1 Å². The first kappa shape index (κ1) is 21.5. The topological polar surface area (TPSA) is 83.5 Å². The number of hydrogen-bond acceptors (Lipinski definition) is 4. The van der Waals surface area contributed by atoms with Crippen molar-refractivity contribution in [2.45, 2.75) is 38.5 Å². The number of benzene rings is 2. The fraction of sp³-hybridized carbons (Fsp3) is 0.333. The maximum absolute atomic E-state index is 12.7. The maximum atomic E-state index is 12.7. The van der Waals surface area contributed by atoms with Crippen LogP contribution in [-0.2, 0) is 20.0 Å². The van der Waals surface area contributed by atoms with E-state index >= 15 is 0 Å². The third kappa shape index (κ3) is 5.07. The molecular formula is C21H26N2O4S2. The molecule has 2 aromatic carbocycles. The highest BCUT2D eigenvalue weighted by molar-refractivity contribution is 7.95. The van der Waals surface area contributed by atoms with Crippen molar-refractivity contribution < 1.29 is 16.8 Å². The second-order valence-electron chi connectivity index (χ2n) is 7.40. The van der Waals surface area contributed by atoms with Crippen molar-refractivity contribution in [1.29, 1.82) is 0 Å². The van der Waals surface area contributed by atoms with Gasteiger partial charge in [-0.25, -0.2) is 16.8 Å². The van der Waals surface area contributed by atoms with E-state index in [1.807, 2.05) is 32.9 Å². The third-order valence-corrected chi connectivity index (χ3v) is 7.86. The van der Waals surface area contributed by atoms with E-state index in [2.05, 4.69) is 4.72 Å². The molecule has 1 heterocycles. The zero-order chi connectivity index (χ0) is 21.2. The van der Waals surface area contributed by atoms with Gasteiger partial charge in [0.05, 0.1) is 16.0 Å². The van der Waals surface area contributed by atoms with Crippen LogP contribution < -0.4 is 4.72 Å². The Labute approximate surface area is 173 Å². The van der Waals surface area contributed by atoms with E-state index in [4.69, 9.17) is 0 Å². The van der Waals surface area contributed by atoms with Crippen LogP contribution in [0.3, 0.4) is 0 Å². The van der Waals surface area contributed by atoms with Gasteiger partial charge >= 0.3 is 0 Å². The number of aryl methyl sites for hydroxylation is 3. The summed E-state index contributed by atoms with van der Waals surface area (Å²) in [7, 11) is -7.40. The van der Waals surface area contributed by atoms with E-state index in [1.165, 1.54) is 22.5 Å². The smallest absolute Gasteiger partial charge is 0.255 e. The zero-order valence-corrected chi connectivity index (χ0v) is 18.5. The molecule has 0 bridgehead atoms. The fourth-order valence-electron chi connectivity index (χ4n) is 3.61. The largest absolute Gasteiger partial charge is 0.280 e. The second kappa shape index (κ2) is 8.30. The monoisotopic (exact) mass is 434 g/mol. The SMILES string of the molecule is Cc1cc(C)c(/C=C/S(=O)(=O)Nc2cccc(S(=O)(=O)N3CCCC3)c2)c(C)c1. The Kier molecular flexibility index (Phi) is 6.16. The van der Waals surface area contributed by atoms with Crippen LogP contribution >= 0.6 is 0 Å². The fourth-order valence-corrected chi connectivity index (χ4v) is 6.01. The van der Waals surface area contributed by atoms with Gasteiger partial charge in [0.25, 0.3) is 10.0 Å². The van der Waals surface area contributed by atoms with Gasteiger partial charge in [-0.1, -0.05) is 23.8 Å². The maximum Gasteiger partial charge on any atom is 0.255 e. The first-order valence-corrected chi connectivity index (χ1v) is 12.5. The van der Waals surface area contributed by atoms with Gasteiger partial charge in [0.2, 0.25) is 10.0 Å². The molecule has 1 fully saturated rings. The lowest BCUT2D eigenvalue weighted by Gasteiger charge is -2.16. The number of anilines is 1. The van der Waals surface area contributed by atoms with Crippen LogP contribution in [0.25, 0.3) is 6.08 Å². The van der Waals surface area contributed by atoms with E-state index < -0.39 is 20.0 Å². The second-order valence-corrected chi connectivity index (χ2v) is 10.9. The van der Waals surface area contributed by atoms with E-state index in [-0.39, 0.29) is 10.6 Å². The van der Waals surface area contributed by atoms with Gasteiger partial charge in [-0.3, -0.25) is 4.72 Å².